The average Bonchev–Trinajstić information content (AvgIpc) is 2.64. The lowest BCUT2D eigenvalue weighted by atomic mass is 10.2. The third kappa shape index (κ3) is 2.20. The Balaban J connectivity index is 2.40. The summed E-state index contributed by atoms with van der Waals surface area (Å²) < 4.78 is 22.0. The molecule has 1 heterocycles. The lowest BCUT2D eigenvalue weighted by molar-refractivity contribution is 0.609. The third-order valence-electron chi connectivity index (χ3n) is 1.90. The first-order valence-corrected chi connectivity index (χ1v) is 6.57. The van der Waals surface area contributed by atoms with Gasteiger partial charge in [0.2, 0.25) is 5.82 Å². The summed E-state index contributed by atoms with van der Waals surface area (Å²) >= 11 is 0. The normalized spacial score (nSPS) is 11.6. The Morgan fingerprint density at radius 2 is 1.88 bits per heavy atom. The van der Waals surface area contributed by atoms with Crippen LogP contribution in [0.25, 0.3) is 11.4 Å². The van der Waals surface area contributed by atoms with Crippen LogP contribution in [0.1, 0.15) is 0 Å². The summed E-state index contributed by atoms with van der Waals surface area (Å²) in [5, 5.41) is 11.5. The molecule has 84 valence electrons. The van der Waals surface area contributed by atoms with E-state index in [9.17, 15) is 8.42 Å². The van der Waals surface area contributed by atoms with Crippen LogP contribution in [0, 0.1) is 0 Å². The van der Waals surface area contributed by atoms with Gasteiger partial charge in [0.15, 0.2) is 0 Å². The van der Waals surface area contributed by atoms with Crippen LogP contribution < -0.4 is 0 Å². The minimum absolute atomic E-state index is 0.0433. The molecule has 0 saturated carbocycles. The maximum Gasteiger partial charge on any atom is 0.261 e. The predicted molar refractivity (Wildman–Crippen MR) is 57.3 cm³/mol. The standard InChI is InChI=1S/C8H7ClN4O2S/c1-13-11-8(10-12-13)6-2-4-7(5-3-6)16(9,14)15/h2-5H,1H3. The van der Waals surface area contributed by atoms with Crippen molar-refractivity contribution in [2.75, 3.05) is 0 Å². The van der Waals surface area contributed by atoms with E-state index >= 15 is 0 Å². The summed E-state index contributed by atoms with van der Waals surface area (Å²) in [5.41, 5.74) is 0.678. The maximum absolute atomic E-state index is 11.0. The molecule has 2 rings (SSSR count). The topological polar surface area (TPSA) is 77.7 Å². The largest absolute Gasteiger partial charge is 0.261 e. The van der Waals surface area contributed by atoms with Crippen LogP contribution in [0.15, 0.2) is 29.2 Å². The second kappa shape index (κ2) is 3.84. The summed E-state index contributed by atoms with van der Waals surface area (Å²) in [6, 6.07) is 5.95. The van der Waals surface area contributed by atoms with E-state index in [1.54, 1.807) is 19.2 Å². The van der Waals surface area contributed by atoms with Gasteiger partial charge in [-0.2, -0.15) is 4.80 Å². The molecule has 0 unspecified atom stereocenters. The summed E-state index contributed by atoms with van der Waals surface area (Å²) in [7, 11) is 3.15. The molecule has 6 nitrogen and oxygen atoms in total. The number of hydrogen-bond acceptors (Lipinski definition) is 5. The monoisotopic (exact) mass is 258 g/mol. The highest BCUT2D eigenvalue weighted by Crippen LogP contribution is 2.19. The average molecular weight is 259 g/mol. The fourth-order valence-electron chi connectivity index (χ4n) is 1.17. The van der Waals surface area contributed by atoms with Crippen LogP contribution in [-0.4, -0.2) is 28.6 Å². The Kier molecular flexibility index (Phi) is 2.64. The first kappa shape index (κ1) is 11.0. The van der Waals surface area contributed by atoms with Crippen LogP contribution in [0.2, 0.25) is 0 Å². The minimum Gasteiger partial charge on any atom is -0.207 e. The molecular formula is C8H7ClN4O2S. The molecule has 16 heavy (non-hydrogen) atoms. The number of halogens is 1. The van der Waals surface area contributed by atoms with Gasteiger partial charge in [-0.1, -0.05) is 0 Å². The SMILES string of the molecule is Cn1nnc(-c2ccc(S(=O)(=O)Cl)cc2)n1. The van der Waals surface area contributed by atoms with Gasteiger partial charge in [0.1, 0.15) is 0 Å². The van der Waals surface area contributed by atoms with Gasteiger partial charge in [0, 0.05) is 16.2 Å². The highest BCUT2D eigenvalue weighted by molar-refractivity contribution is 8.13. The Hall–Kier alpha value is -1.47. The number of aryl methyl sites for hydroxylation is 1. The lowest BCUT2D eigenvalue weighted by Crippen LogP contribution is -1.92. The van der Waals surface area contributed by atoms with Crippen LogP contribution in [0.3, 0.4) is 0 Å². The number of nitrogens with zero attached hydrogens (tertiary/aromatic N) is 4. The second-order valence-corrected chi connectivity index (χ2v) is 5.63. The van der Waals surface area contributed by atoms with E-state index in [1.807, 2.05) is 0 Å². The molecule has 0 spiro atoms. The Morgan fingerprint density at radius 3 is 2.31 bits per heavy atom. The number of rotatable bonds is 2. The Labute approximate surface area is 96.3 Å². The third-order valence-corrected chi connectivity index (χ3v) is 3.27. The van der Waals surface area contributed by atoms with E-state index < -0.39 is 9.05 Å². The summed E-state index contributed by atoms with van der Waals surface area (Å²) in [4.78, 5) is 1.36. The van der Waals surface area contributed by atoms with Crippen LogP contribution in [-0.2, 0) is 16.1 Å². The van der Waals surface area contributed by atoms with Crippen LogP contribution >= 0.6 is 10.7 Å². The summed E-state index contributed by atoms with van der Waals surface area (Å²) in [5.74, 6) is 0.432. The molecule has 0 atom stereocenters. The van der Waals surface area contributed by atoms with Crippen LogP contribution in [0.4, 0.5) is 0 Å². The van der Waals surface area contributed by atoms with Gasteiger partial charge in [0.25, 0.3) is 9.05 Å². The Morgan fingerprint density at radius 1 is 1.25 bits per heavy atom. The zero-order chi connectivity index (χ0) is 11.8. The van der Waals surface area contributed by atoms with Crippen molar-refractivity contribution in [1.82, 2.24) is 20.2 Å². The molecule has 0 radical (unpaired) electrons. The molecule has 0 bridgehead atoms. The van der Waals surface area contributed by atoms with Gasteiger partial charge >= 0.3 is 0 Å². The molecule has 0 saturated heterocycles. The first-order chi connectivity index (χ1) is 7.47. The van der Waals surface area contributed by atoms with Crippen molar-refractivity contribution < 1.29 is 8.42 Å². The number of benzene rings is 1. The summed E-state index contributed by atoms with van der Waals surface area (Å²) in [6.45, 7) is 0. The quantitative estimate of drug-likeness (QED) is 0.745. The van der Waals surface area contributed by atoms with E-state index in [-0.39, 0.29) is 4.90 Å². The molecule has 8 heteroatoms. The fourth-order valence-corrected chi connectivity index (χ4v) is 1.94. The van der Waals surface area contributed by atoms with Crippen molar-refractivity contribution in [3.05, 3.63) is 24.3 Å². The summed E-state index contributed by atoms with van der Waals surface area (Å²) in [6.07, 6.45) is 0. The molecule has 0 N–H and O–H groups in total. The van der Waals surface area contributed by atoms with Gasteiger partial charge in [-0.25, -0.2) is 8.42 Å². The number of aromatic nitrogens is 4. The molecule has 0 fully saturated rings. The Bertz CT molecular complexity index is 605. The van der Waals surface area contributed by atoms with Crippen molar-refractivity contribution >= 4 is 19.7 Å². The molecule has 0 aliphatic heterocycles. The van der Waals surface area contributed by atoms with E-state index in [4.69, 9.17) is 10.7 Å². The smallest absolute Gasteiger partial charge is 0.207 e. The second-order valence-electron chi connectivity index (χ2n) is 3.06. The number of tetrazole rings is 1. The van der Waals surface area contributed by atoms with Gasteiger partial charge in [-0.05, 0) is 29.5 Å². The number of hydrogen-bond donors (Lipinski definition) is 0. The van der Waals surface area contributed by atoms with Gasteiger partial charge in [-0.15, -0.1) is 10.2 Å². The molecule has 1 aromatic heterocycles. The molecule has 1 aromatic carbocycles. The zero-order valence-electron chi connectivity index (χ0n) is 8.20. The van der Waals surface area contributed by atoms with Crippen molar-refractivity contribution in [3.8, 4) is 11.4 Å². The first-order valence-electron chi connectivity index (χ1n) is 4.26. The van der Waals surface area contributed by atoms with Crippen molar-refractivity contribution in [2.45, 2.75) is 4.90 Å². The van der Waals surface area contributed by atoms with Crippen molar-refractivity contribution in [2.24, 2.45) is 7.05 Å². The van der Waals surface area contributed by atoms with Gasteiger partial charge in [-0.3, -0.25) is 0 Å². The van der Waals surface area contributed by atoms with Crippen molar-refractivity contribution in [1.29, 1.82) is 0 Å². The molecule has 0 amide bonds. The maximum atomic E-state index is 11.0. The predicted octanol–water partition coefficient (Wildman–Crippen LogP) is 0.805. The fraction of sp³-hybridized carbons (Fsp3) is 0.125. The zero-order valence-corrected chi connectivity index (χ0v) is 9.77. The molecular weight excluding hydrogens is 252 g/mol. The van der Waals surface area contributed by atoms with Gasteiger partial charge < -0.3 is 0 Å². The van der Waals surface area contributed by atoms with E-state index in [0.29, 0.717) is 11.4 Å². The minimum atomic E-state index is -3.69. The van der Waals surface area contributed by atoms with Crippen LogP contribution in [0.5, 0.6) is 0 Å². The highest BCUT2D eigenvalue weighted by atomic mass is 35.7. The van der Waals surface area contributed by atoms with Crippen molar-refractivity contribution in [3.63, 3.8) is 0 Å². The van der Waals surface area contributed by atoms with Gasteiger partial charge in [0.05, 0.1) is 11.9 Å². The van der Waals surface area contributed by atoms with E-state index in [0.717, 1.165) is 0 Å². The lowest BCUT2D eigenvalue weighted by Gasteiger charge is -1.97. The molecule has 0 aliphatic rings. The molecule has 2 aromatic rings. The van der Waals surface area contributed by atoms with E-state index in [2.05, 4.69) is 15.4 Å². The molecule has 0 aliphatic carbocycles. The van der Waals surface area contributed by atoms with E-state index in [1.165, 1.54) is 16.9 Å². The highest BCUT2D eigenvalue weighted by Gasteiger charge is 2.10.